The average molecular weight is 234 g/mol. The zero-order valence-electron chi connectivity index (χ0n) is 9.36. The lowest BCUT2D eigenvalue weighted by Crippen LogP contribution is -1.91. The molecule has 1 heterocycles. The second-order valence-corrected chi connectivity index (χ2v) is 4.34. The van der Waals surface area contributed by atoms with Crippen LogP contribution in [-0.4, -0.2) is 12.1 Å². The largest absolute Gasteiger partial charge is 0.496 e. The Bertz CT molecular complexity index is 494. The molecule has 0 atom stereocenters. The molecule has 0 amide bonds. The van der Waals surface area contributed by atoms with Crippen LogP contribution in [0, 0.1) is 0 Å². The molecule has 3 nitrogen and oxygen atoms in total. The molecule has 2 N–H and O–H groups in total. The lowest BCUT2D eigenvalue weighted by atomic mass is 10.1. The quantitative estimate of drug-likeness (QED) is 0.888. The van der Waals surface area contributed by atoms with Crippen LogP contribution in [0.15, 0.2) is 23.6 Å². The Morgan fingerprint density at radius 3 is 2.81 bits per heavy atom. The summed E-state index contributed by atoms with van der Waals surface area (Å²) >= 11 is 1.46. The molecular weight excluding hydrogens is 220 g/mol. The number of hydrogen-bond donors (Lipinski definition) is 1. The first kappa shape index (κ1) is 11.0. The highest BCUT2D eigenvalue weighted by molar-refractivity contribution is 7.13. The maximum absolute atomic E-state index is 5.63. The summed E-state index contributed by atoms with van der Waals surface area (Å²) in [6.45, 7) is 2.11. The third-order valence-electron chi connectivity index (χ3n) is 2.48. The summed E-state index contributed by atoms with van der Waals surface area (Å²) in [5.41, 5.74) is 8.83. The molecule has 2 aromatic rings. The first-order chi connectivity index (χ1) is 7.74. The van der Waals surface area contributed by atoms with E-state index in [1.165, 1.54) is 16.9 Å². The molecule has 1 aromatic carbocycles. The van der Waals surface area contributed by atoms with Gasteiger partial charge in [-0.25, -0.2) is 4.98 Å². The zero-order valence-corrected chi connectivity index (χ0v) is 10.2. The Kier molecular flexibility index (Phi) is 3.10. The van der Waals surface area contributed by atoms with Crippen LogP contribution in [-0.2, 0) is 6.42 Å². The van der Waals surface area contributed by atoms with Crippen molar-refractivity contribution in [2.24, 2.45) is 0 Å². The number of aryl methyl sites for hydroxylation is 1. The Morgan fingerprint density at radius 2 is 2.25 bits per heavy atom. The number of benzene rings is 1. The lowest BCUT2D eigenvalue weighted by molar-refractivity contribution is 0.410. The van der Waals surface area contributed by atoms with Crippen LogP contribution in [0.2, 0.25) is 0 Å². The maximum atomic E-state index is 5.63. The molecule has 0 aliphatic heterocycles. The van der Waals surface area contributed by atoms with Gasteiger partial charge in [0, 0.05) is 10.9 Å². The number of anilines is 1. The van der Waals surface area contributed by atoms with Gasteiger partial charge >= 0.3 is 0 Å². The molecule has 0 radical (unpaired) electrons. The SMILES string of the molecule is CCc1cc(-c2csc(N)n2)ccc1OC. The van der Waals surface area contributed by atoms with E-state index >= 15 is 0 Å². The van der Waals surface area contributed by atoms with E-state index in [1.807, 2.05) is 17.5 Å². The number of nitrogen functional groups attached to an aromatic ring is 1. The third-order valence-corrected chi connectivity index (χ3v) is 3.15. The fraction of sp³-hybridized carbons (Fsp3) is 0.250. The van der Waals surface area contributed by atoms with E-state index < -0.39 is 0 Å². The Morgan fingerprint density at radius 1 is 1.44 bits per heavy atom. The molecule has 0 aliphatic rings. The van der Waals surface area contributed by atoms with Crippen molar-refractivity contribution in [3.8, 4) is 17.0 Å². The number of nitrogens with zero attached hydrogens (tertiary/aromatic N) is 1. The number of ether oxygens (including phenoxy) is 1. The van der Waals surface area contributed by atoms with Gasteiger partial charge in [-0.15, -0.1) is 11.3 Å². The van der Waals surface area contributed by atoms with E-state index in [-0.39, 0.29) is 0 Å². The molecule has 0 aliphatic carbocycles. The molecule has 2 rings (SSSR count). The van der Waals surface area contributed by atoms with E-state index in [4.69, 9.17) is 10.5 Å². The van der Waals surface area contributed by atoms with Gasteiger partial charge in [-0.3, -0.25) is 0 Å². The number of methoxy groups -OCH3 is 1. The van der Waals surface area contributed by atoms with Crippen molar-refractivity contribution in [1.29, 1.82) is 0 Å². The number of nitrogens with two attached hydrogens (primary N) is 1. The van der Waals surface area contributed by atoms with Gasteiger partial charge in [0.2, 0.25) is 0 Å². The van der Waals surface area contributed by atoms with Crippen LogP contribution in [0.5, 0.6) is 5.75 Å². The molecular formula is C12H14N2OS. The monoisotopic (exact) mass is 234 g/mol. The standard InChI is InChI=1S/C12H14N2OS/c1-3-8-6-9(4-5-11(8)15-2)10-7-16-12(13)14-10/h4-7H,3H2,1-2H3,(H2,13,14). The number of thiazole rings is 1. The van der Waals surface area contributed by atoms with Crippen molar-refractivity contribution in [1.82, 2.24) is 4.98 Å². The fourth-order valence-electron chi connectivity index (χ4n) is 1.63. The van der Waals surface area contributed by atoms with Crippen molar-refractivity contribution in [2.45, 2.75) is 13.3 Å². The summed E-state index contributed by atoms with van der Waals surface area (Å²) in [4.78, 5) is 4.27. The van der Waals surface area contributed by atoms with Gasteiger partial charge in [0.15, 0.2) is 5.13 Å². The van der Waals surface area contributed by atoms with Crippen LogP contribution < -0.4 is 10.5 Å². The van der Waals surface area contributed by atoms with Crippen molar-refractivity contribution < 1.29 is 4.74 Å². The third kappa shape index (κ3) is 2.02. The highest BCUT2D eigenvalue weighted by Gasteiger charge is 2.06. The Balaban J connectivity index is 2.43. The highest BCUT2D eigenvalue weighted by Crippen LogP contribution is 2.28. The summed E-state index contributed by atoms with van der Waals surface area (Å²) in [6.07, 6.45) is 0.941. The maximum Gasteiger partial charge on any atom is 0.180 e. The molecule has 0 unspecified atom stereocenters. The second kappa shape index (κ2) is 4.53. The number of aromatic nitrogens is 1. The van der Waals surface area contributed by atoms with Crippen molar-refractivity contribution in [3.63, 3.8) is 0 Å². The number of rotatable bonds is 3. The van der Waals surface area contributed by atoms with E-state index in [0.29, 0.717) is 5.13 Å². The van der Waals surface area contributed by atoms with Crippen LogP contribution in [0.3, 0.4) is 0 Å². The van der Waals surface area contributed by atoms with Crippen molar-refractivity contribution in [3.05, 3.63) is 29.1 Å². The van der Waals surface area contributed by atoms with Gasteiger partial charge in [-0.1, -0.05) is 6.92 Å². The molecule has 1 aromatic heterocycles. The van der Waals surface area contributed by atoms with Gasteiger partial charge in [0.05, 0.1) is 12.8 Å². The van der Waals surface area contributed by atoms with Gasteiger partial charge < -0.3 is 10.5 Å². The normalized spacial score (nSPS) is 10.4. The molecule has 4 heteroatoms. The van der Waals surface area contributed by atoms with E-state index in [1.54, 1.807) is 7.11 Å². The van der Waals surface area contributed by atoms with Crippen LogP contribution in [0.1, 0.15) is 12.5 Å². The van der Waals surface area contributed by atoms with Gasteiger partial charge in [0.25, 0.3) is 0 Å². The second-order valence-electron chi connectivity index (χ2n) is 3.45. The topological polar surface area (TPSA) is 48.1 Å². The first-order valence-corrected chi connectivity index (χ1v) is 6.01. The van der Waals surface area contributed by atoms with Gasteiger partial charge in [-0.05, 0) is 30.2 Å². The summed E-state index contributed by atoms with van der Waals surface area (Å²) in [6, 6.07) is 6.09. The highest BCUT2D eigenvalue weighted by atomic mass is 32.1. The summed E-state index contributed by atoms with van der Waals surface area (Å²) in [5.74, 6) is 0.925. The van der Waals surface area contributed by atoms with Crippen LogP contribution in [0.4, 0.5) is 5.13 Å². The zero-order chi connectivity index (χ0) is 11.5. The van der Waals surface area contributed by atoms with Gasteiger partial charge in [0.1, 0.15) is 5.75 Å². The molecule has 0 bridgehead atoms. The average Bonchev–Trinajstić information content (AvgIpc) is 2.75. The smallest absolute Gasteiger partial charge is 0.180 e. The minimum Gasteiger partial charge on any atom is -0.496 e. The molecule has 0 saturated heterocycles. The van der Waals surface area contributed by atoms with Crippen LogP contribution >= 0.6 is 11.3 Å². The molecule has 84 valence electrons. The molecule has 0 saturated carbocycles. The minimum atomic E-state index is 0.601. The summed E-state index contributed by atoms with van der Waals surface area (Å²) in [7, 11) is 1.69. The first-order valence-electron chi connectivity index (χ1n) is 5.13. The fourth-order valence-corrected chi connectivity index (χ4v) is 2.21. The molecule has 0 spiro atoms. The Labute approximate surface area is 98.9 Å². The van der Waals surface area contributed by atoms with Crippen LogP contribution in [0.25, 0.3) is 11.3 Å². The lowest BCUT2D eigenvalue weighted by Gasteiger charge is -2.07. The summed E-state index contributed by atoms with van der Waals surface area (Å²) < 4.78 is 5.29. The minimum absolute atomic E-state index is 0.601. The molecule has 16 heavy (non-hydrogen) atoms. The van der Waals surface area contributed by atoms with E-state index in [2.05, 4.69) is 18.0 Å². The van der Waals surface area contributed by atoms with Crippen molar-refractivity contribution >= 4 is 16.5 Å². The van der Waals surface area contributed by atoms with E-state index in [9.17, 15) is 0 Å². The van der Waals surface area contributed by atoms with Crippen molar-refractivity contribution in [2.75, 3.05) is 12.8 Å². The Hall–Kier alpha value is -1.55. The van der Waals surface area contributed by atoms with E-state index in [0.717, 1.165) is 23.4 Å². The van der Waals surface area contributed by atoms with Gasteiger partial charge in [-0.2, -0.15) is 0 Å². The summed E-state index contributed by atoms with van der Waals surface area (Å²) in [5, 5.41) is 2.57. The predicted molar refractivity (Wildman–Crippen MR) is 67.9 cm³/mol. The number of hydrogen-bond acceptors (Lipinski definition) is 4. The molecule has 0 fully saturated rings. The predicted octanol–water partition coefficient (Wildman–Crippen LogP) is 2.96.